The van der Waals surface area contributed by atoms with Crippen LogP contribution < -0.4 is 10.2 Å². The molecule has 0 unspecified atom stereocenters. The first kappa shape index (κ1) is 16.7. The minimum absolute atomic E-state index is 0.291. The molecule has 1 aromatic heterocycles. The van der Waals surface area contributed by atoms with Gasteiger partial charge in [0, 0.05) is 23.8 Å². The molecule has 1 aromatic carbocycles. The van der Waals surface area contributed by atoms with Gasteiger partial charge in [-0.05, 0) is 55.5 Å². The van der Waals surface area contributed by atoms with Crippen molar-refractivity contribution < 1.29 is 4.79 Å². The highest BCUT2D eigenvalue weighted by molar-refractivity contribution is 6.31. The molecule has 1 aliphatic rings. The molecular formula is C18H21ClN4O. The van der Waals surface area contributed by atoms with Crippen molar-refractivity contribution in [3.63, 3.8) is 0 Å². The van der Waals surface area contributed by atoms with Crippen LogP contribution in [0.2, 0.25) is 5.02 Å². The van der Waals surface area contributed by atoms with E-state index in [2.05, 4.69) is 27.3 Å². The van der Waals surface area contributed by atoms with Crippen LogP contribution in [0.5, 0.6) is 0 Å². The third-order valence-electron chi connectivity index (χ3n) is 4.42. The fourth-order valence-corrected chi connectivity index (χ4v) is 2.90. The van der Waals surface area contributed by atoms with Crippen molar-refractivity contribution in [2.45, 2.75) is 26.7 Å². The van der Waals surface area contributed by atoms with E-state index < -0.39 is 0 Å². The first-order chi connectivity index (χ1) is 11.5. The predicted molar refractivity (Wildman–Crippen MR) is 96.8 cm³/mol. The van der Waals surface area contributed by atoms with Gasteiger partial charge in [-0.15, -0.1) is 10.2 Å². The van der Waals surface area contributed by atoms with Crippen LogP contribution in [0.1, 0.15) is 35.8 Å². The highest BCUT2D eigenvalue weighted by Gasteiger charge is 2.18. The van der Waals surface area contributed by atoms with Gasteiger partial charge in [-0.1, -0.05) is 24.6 Å². The van der Waals surface area contributed by atoms with Gasteiger partial charge in [-0.3, -0.25) is 4.79 Å². The predicted octanol–water partition coefficient (Wildman–Crippen LogP) is 3.93. The SMILES string of the molecule is Cc1ccc(NC(=O)c2ccc(N3CCC(C)CC3)nn2)cc1Cl. The molecule has 0 spiro atoms. The van der Waals surface area contributed by atoms with Gasteiger partial charge in [0.2, 0.25) is 0 Å². The number of anilines is 2. The zero-order valence-corrected chi connectivity index (χ0v) is 14.7. The van der Waals surface area contributed by atoms with Crippen LogP contribution in [0.15, 0.2) is 30.3 Å². The second kappa shape index (κ2) is 7.18. The van der Waals surface area contributed by atoms with E-state index in [-0.39, 0.29) is 5.91 Å². The second-order valence-corrected chi connectivity index (χ2v) is 6.77. The molecule has 0 atom stereocenters. The smallest absolute Gasteiger partial charge is 0.276 e. The van der Waals surface area contributed by atoms with Crippen molar-refractivity contribution in [3.05, 3.63) is 46.6 Å². The molecule has 1 fully saturated rings. The lowest BCUT2D eigenvalue weighted by Gasteiger charge is -2.30. The summed E-state index contributed by atoms with van der Waals surface area (Å²) in [6.07, 6.45) is 2.33. The first-order valence-corrected chi connectivity index (χ1v) is 8.57. The van der Waals surface area contributed by atoms with E-state index in [9.17, 15) is 4.79 Å². The van der Waals surface area contributed by atoms with Gasteiger partial charge in [0.05, 0.1) is 0 Å². The van der Waals surface area contributed by atoms with Crippen molar-refractivity contribution >= 4 is 29.0 Å². The van der Waals surface area contributed by atoms with Crippen LogP contribution in [0.25, 0.3) is 0 Å². The van der Waals surface area contributed by atoms with Crippen LogP contribution >= 0.6 is 11.6 Å². The zero-order chi connectivity index (χ0) is 17.1. The number of aromatic nitrogens is 2. The molecule has 1 aliphatic heterocycles. The van der Waals surface area contributed by atoms with Gasteiger partial charge in [0.15, 0.2) is 11.5 Å². The first-order valence-electron chi connectivity index (χ1n) is 8.19. The van der Waals surface area contributed by atoms with E-state index in [0.29, 0.717) is 16.4 Å². The molecule has 0 saturated carbocycles. The normalized spacial score (nSPS) is 15.4. The molecule has 6 heteroatoms. The van der Waals surface area contributed by atoms with E-state index in [1.807, 2.05) is 25.1 Å². The number of nitrogens with zero attached hydrogens (tertiary/aromatic N) is 3. The summed E-state index contributed by atoms with van der Waals surface area (Å²) >= 11 is 6.08. The highest BCUT2D eigenvalue weighted by atomic mass is 35.5. The summed E-state index contributed by atoms with van der Waals surface area (Å²) in [6.45, 7) is 6.17. The van der Waals surface area contributed by atoms with Crippen molar-refractivity contribution in [3.8, 4) is 0 Å². The second-order valence-electron chi connectivity index (χ2n) is 6.36. The van der Waals surface area contributed by atoms with Gasteiger partial charge in [-0.2, -0.15) is 0 Å². The van der Waals surface area contributed by atoms with Gasteiger partial charge >= 0.3 is 0 Å². The van der Waals surface area contributed by atoms with Crippen molar-refractivity contribution in [2.24, 2.45) is 5.92 Å². The molecule has 24 heavy (non-hydrogen) atoms. The summed E-state index contributed by atoms with van der Waals surface area (Å²) < 4.78 is 0. The van der Waals surface area contributed by atoms with Crippen LogP contribution in [-0.4, -0.2) is 29.2 Å². The molecule has 0 radical (unpaired) electrons. The Kier molecular flexibility index (Phi) is 5.00. The molecule has 5 nitrogen and oxygen atoms in total. The molecule has 0 aliphatic carbocycles. The molecule has 1 N–H and O–H groups in total. The number of hydrogen-bond acceptors (Lipinski definition) is 4. The highest BCUT2D eigenvalue weighted by Crippen LogP contribution is 2.22. The average Bonchev–Trinajstić information content (AvgIpc) is 2.59. The number of piperidine rings is 1. The minimum atomic E-state index is -0.291. The van der Waals surface area contributed by atoms with E-state index in [1.54, 1.807) is 12.1 Å². The number of halogens is 1. The van der Waals surface area contributed by atoms with Crippen molar-refractivity contribution in [2.75, 3.05) is 23.3 Å². The van der Waals surface area contributed by atoms with Crippen molar-refractivity contribution in [1.82, 2.24) is 10.2 Å². The number of hydrogen-bond donors (Lipinski definition) is 1. The van der Waals surface area contributed by atoms with Gasteiger partial charge in [0.25, 0.3) is 5.91 Å². The lowest BCUT2D eigenvalue weighted by Crippen LogP contribution is -2.33. The van der Waals surface area contributed by atoms with Gasteiger partial charge in [-0.25, -0.2) is 0 Å². The zero-order valence-electron chi connectivity index (χ0n) is 13.9. The van der Waals surface area contributed by atoms with Gasteiger partial charge < -0.3 is 10.2 Å². The number of nitrogens with one attached hydrogen (secondary N) is 1. The van der Waals surface area contributed by atoms with Gasteiger partial charge in [0.1, 0.15) is 0 Å². The van der Waals surface area contributed by atoms with Crippen LogP contribution in [0.4, 0.5) is 11.5 Å². The Balaban J connectivity index is 1.66. The molecular weight excluding hydrogens is 324 g/mol. The summed E-state index contributed by atoms with van der Waals surface area (Å²) in [4.78, 5) is 14.5. The molecule has 3 rings (SSSR count). The third-order valence-corrected chi connectivity index (χ3v) is 4.83. The number of carbonyl (C=O) groups is 1. The average molecular weight is 345 g/mol. The lowest BCUT2D eigenvalue weighted by atomic mass is 9.99. The largest absolute Gasteiger partial charge is 0.355 e. The van der Waals surface area contributed by atoms with Crippen LogP contribution in [-0.2, 0) is 0 Å². The molecule has 1 amide bonds. The number of aryl methyl sites for hydroxylation is 1. The quantitative estimate of drug-likeness (QED) is 0.916. The van der Waals surface area contributed by atoms with E-state index in [4.69, 9.17) is 11.6 Å². The summed E-state index contributed by atoms with van der Waals surface area (Å²) in [6, 6.07) is 8.98. The number of benzene rings is 1. The van der Waals surface area contributed by atoms with E-state index >= 15 is 0 Å². The Hall–Kier alpha value is -2.14. The standard InChI is InChI=1S/C18H21ClN4O/c1-12-7-9-23(10-8-12)17-6-5-16(21-22-17)18(24)20-14-4-3-13(2)15(19)11-14/h3-6,11-12H,7-10H2,1-2H3,(H,20,24). The maximum Gasteiger partial charge on any atom is 0.276 e. The molecule has 0 bridgehead atoms. The monoisotopic (exact) mass is 344 g/mol. The van der Waals surface area contributed by atoms with E-state index in [1.165, 1.54) is 0 Å². The van der Waals surface area contributed by atoms with Crippen LogP contribution in [0, 0.1) is 12.8 Å². The Morgan fingerprint density at radius 1 is 1.21 bits per heavy atom. The fourth-order valence-electron chi connectivity index (χ4n) is 2.72. The number of amides is 1. The molecule has 2 aromatic rings. The Bertz CT molecular complexity index is 724. The number of rotatable bonds is 3. The van der Waals surface area contributed by atoms with Crippen molar-refractivity contribution in [1.29, 1.82) is 0 Å². The summed E-state index contributed by atoms with van der Waals surface area (Å²) in [7, 11) is 0. The fraction of sp³-hybridized carbons (Fsp3) is 0.389. The summed E-state index contributed by atoms with van der Waals surface area (Å²) in [5.41, 5.74) is 1.90. The minimum Gasteiger partial charge on any atom is -0.355 e. The number of carbonyl (C=O) groups excluding carboxylic acids is 1. The maximum absolute atomic E-state index is 12.3. The Labute approximate surface area is 147 Å². The third kappa shape index (κ3) is 3.85. The summed E-state index contributed by atoms with van der Waals surface area (Å²) in [5, 5.41) is 11.7. The Morgan fingerprint density at radius 2 is 1.96 bits per heavy atom. The molecule has 1 saturated heterocycles. The molecule has 2 heterocycles. The lowest BCUT2D eigenvalue weighted by molar-refractivity contribution is 0.102. The van der Waals surface area contributed by atoms with Crippen LogP contribution in [0.3, 0.4) is 0 Å². The topological polar surface area (TPSA) is 58.1 Å². The Morgan fingerprint density at radius 3 is 2.58 bits per heavy atom. The van der Waals surface area contributed by atoms with E-state index in [0.717, 1.165) is 43.2 Å². The summed E-state index contributed by atoms with van der Waals surface area (Å²) in [5.74, 6) is 1.30. The maximum atomic E-state index is 12.3. The molecule has 126 valence electrons.